The third-order valence-electron chi connectivity index (χ3n) is 5.81. The minimum absolute atomic E-state index is 0.0651. The molecule has 1 aliphatic carbocycles. The molecule has 180 valence electrons. The number of imide groups is 1. The zero-order valence-corrected chi connectivity index (χ0v) is 19.7. The Kier molecular flexibility index (Phi) is 7.53. The lowest BCUT2D eigenvalue weighted by atomic mass is 10.0. The first-order valence-electron chi connectivity index (χ1n) is 11.1. The highest BCUT2D eigenvalue weighted by molar-refractivity contribution is 7.90. The molecule has 33 heavy (non-hydrogen) atoms. The summed E-state index contributed by atoms with van der Waals surface area (Å²) in [6, 6.07) is 4.15. The van der Waals surface area contributed by atoms with Gasteiger partial charge in [0.25, 0.3) is 5.91 Å². The minimum Gasteiger partial charge on any atom is -0.384 e. The second kappa shape index (κ2) is 10.0. The molecule has 1 aromatic carbocycles. The largest absolute Gasteiger partial charge is 0.384 e. The van der Waals surface area contributed by atoms with Gasteiger partial charge in [-0.1, -0.05) is 26.0 Å². The summed E-state index contributed by atoms with van der Waals surface area (Å²) in [6.07, 6.45) is 2.45. The van der Waals surface area contributed by atoms with Crippen molar-refractivity contribution < 1.29 is 22.8 Å². The summed E-state index contributed by atoms with van der Waals surface area (Å²) in [6.45, 7) is 4.12. The molecule has 1 saturated heterocycles. The van der Waals surface area contributed by atoms with Crippen LogP contribution in [-0.2, 0) is 19.6 Å². The first-order chi connectivity index (χ1) is 15.5. The maximum Gasteiger partial charge on any atom is 0.257 e. The van der Waals surface area contributed by atoms with E-state index in [1.807, 2.05) is 13.8 Å². The van der Waals surface area contributed by atoms with Gasteiger partial charge in [-0.3, -0.25) is 25.1 Å². The van der Waals surface area contributed by atoms with E-state index < -0.39 is 45.1 Å². The van der Waals surface area contributed by atoms with Crippen LogP contribution in [0.2, 0.25) is 0 Å². The molecule has 3 rings (SSSR count). The topological polar surface area (TPSA) is 163 Å². The van der Waals surface area contributed by atoms with E-state index in [0.29, 0.717) is 44.2 Å². The molecule has 2 atom stereocenters. The van der Waals surface area contributed by atoms with Gasteiger partial charge in [0.05, 0.1) is 5.25 Å². The summed E-state index contributed by atoms with van der Waals surface area (Å²) in [7, 11) is -3.59. The van der Waals surface area contributed by atoms with Crippen molar-refractivity contribution in [2.75, 3.05) is 6.54 Å². The van der Waals surface area contributed by atoms with Crippen LogP contribution in [0.15, 0.2) is 24.3 Å². The van der Waals surface area contributed by atoms with Crippen molar-refractivity contribution in [2.24, 2.45) is 11.7 Å². The molecule has 5 N–H and O–H groups in total. The summed E-state index contributed by atoms with van der Waals surface area (Å²) in [5, 5.41) is 9.28. The Bertz CT molecular complexity index is 1030. The zero-order valence-electron chi connectivity index (χ0n) is 18.8. The van der Waals surface area contributed by atoms with Gasteiger partial charge in [0.15, 0.2) is 0 Å². The van der Waals surface area contributed by atoms with E-state index in [2.05, 4.69) is 10.0 Å². The number of nitrogens with two attached hydrogens (primary N) is 1. The molecule has 3 amide bonds. The number of benzene rings is 1. The van der Waals surface area contributed by atoms with Gasteiger partial charge >= 0.3 is 0 Å². The number of amidine groups is 1. The van der Waals surface area contributed by atoms with Crippen LogP contribution in [0.1, 0.15) is 61.9 Å². The molecule has 11 heteroatoms. The van der Waals surface area contributed by atoms with Gasteiger partial charge in [0.2, 0.25) is 21.8 Å². The SMILES string of the molecule is CC(C)C[C@@H](NS(=O)(=O)C1CC1)C(=O)N1CCC[C@H]1C(=O)NC(=O)c1ccc(C(=N)N)cc1. The summed E-state index contributed by atoms with van der Waals surface area (Å²) >= 11 is 0. The average molecular weight is 478 g/mol. The average Bonchev–Trinajstić information content (AvgIpc) is 3.50. The minimum atomic E-state index is -3.59. The van der Waals surface area contributed by atoms with Crippen molar-refractivity contribution in [1.82, 2.24) is 14.9 Å². The van der Waals surface area contributed by atoms with Gasteiger partial charge in [0.1, 0.15) is 17.9 Å². The maximum atomic E-state index is 13.3. The molecular weight excluding hydrogens is 446 g/mol. The summed E-state index contributed by atoms with van der Waals surface area (Å²) in [5.74, 6) is -1.73. The van der Waals surface area contributed by atoms with E-state index in [9.17, 15) is 22.8 Å². The molecule has 2 fully saturated rings. The molecule has 1 heterocycles. The van der Waals surface area contributed by atoms with Gasteiger partial charge in [-0.15, -0.1) is 0 Å². The van der Waals surface area contributed by atoms with Crippen LogP contribution in [0, 0.1) is 11.3 Å². The third kappa shape index (κ3) is 6.17. The number of carbonyl (C=O) groups excluding carboxylic acids is 3. The van der Waals surface area contributed by atoms with Gasteiger partial charge in [-0.25, -0.2) is 13.1 Å². The number of amides is 3. The number of sulfonamides is 1. The van der Waals surface area contributed by atoms with Crippen molar-refractivity contribution >= 4 is 33.6 Å². The second-order valence-corrected chi connectivity index (χ2v) is 11.0. The monoisotopic (exact) mass is 477 g/mol. The molecule has 1 aliphatic heterocycles. The lowest BCUT2D eigenvalue weighted by molar-refractivity contribution is -0.139. The van der Waals surface area contributed by atoms with Crippen molar-refractivity contribution in [3.05, 3.63) is 35.4 Å². The molecule has 0 aromatic heterocycles. The number of nitrogens with zero attached hydrogens (tertiary/aromatic N) is 1. The molecule has 0 spiro atoms. The smallest absolute Gasteiger partial charge is 0.257 e. The number of rotatable bonds is 9. The molecule has 0 radical (unpaired) electrons. The number of likely N-dealkylation sites (tertiary alicyclic amines) is 1. The molecular formula is C22H31N5O5S. The molecule has 10 nitrogen and oxygen atoms in total. The normalized spacial score (nSPS) is 19.4. The van der Waals surface area contributed by atoms with Crippen LogP contribution in [0.5, 0.6) is 0 Å². The van der Waals surface area contributed by atoms with Crippen molar-refractivity contribution in [1.29, 1.82) is 5.41 Å². The Hall–Kier alpha value is -2.79. The predicted molar refractivity (Wildman–Crippen MR) is 123 cm³/mol. The van der Waals surface area contributed by atoms with Gasteiger partial charge in [0, 0.05) is 17.7 Å². The Balaban J connectivity index is 1.69. The van der Waals surface area contributed by atoms with Gasteiger partial charge < -0.3 is 10.6 Å². The molecule has 0 unspecified atom stereocenters. The highest BCUT2D eigenvalue weighted by Gasteiger charge is 2.42. The summed E-state index contributed by atoms with van der Waals surface area (Å²) in [4.78, 5) is 40.0. The Labute approximate surface area is 193 Å². The lowest BCUT2D eigenvalue weighted by Gasteiger charge is -2.29. The van der Waals surface area contributed by atoms with Crippen LogP contribution >= 0.6 is 0 Å². The third-order valence-corrected chi connectivity index (χ3v) is 7.77. The lowest BCUT2D eigenvalue weighted by Crippen LogP contribution is -2.54. The Morgan fingerprint density at radius 3 is 2.27 bits per heavy atom. The zero-order chi connectivity index (χ0) is 24.3. The standard InChI is InChI=1S/C22H31N5O5S/c1-13(2)12-17(26-33(31,32)16-9-10-16)22(30)27-11-3-4-18(27)21(29)25-20(28)15-7-5-14(6-8-15)19(23)24/h5-8,13,16-18,26H,3-4,9-12H2,1-2H3,(H3,23,24)(H,25,28,29)/t17-,18+/m1/s1. The Morgan fingerprint density at radius 1 is 1.12 bits per heavy atom. The van der Waals surface area contributed by atoms with Crippen LogP contribution in [-0.4, -0.2) is 60.8 Å². The van der Waals surface area contributed by atoms with Gasteiger partial charge in [-0.2, -0.15) is 0 Å². The molecule has 2 aliphatic rings. The van der Waals surface area contributed by atoms with E-state index >= 15 is 0 Å². The highest BCUT2D eigenvalue weighted by atomic mass is 32.2. The first-order valence-corrected chi connectivity index (χ1v) is 12.7. The molecule has 0 bridgehead atoms. The van der Waals surface area contributed by atoms with Crippen molar-refractivity contribution in [3.8, 4) is 0 Å². The van der Waals surface area contributed by atoms with E-state index in [1.54, 1.807) is 0 Å². The molecule has 1 aromatic rings. The van der Waals surface area contributed by atoms with E-state index in [4.69, 9.17) is 11.1 Å². The van der Waals surface area contributed by atoms with Crippen LogP contribution < -0.4 is 15.8 Å². The van der Waals surface area contributed by atoms with Crippen molar-refractivity contribution in [3.63, 3.8) is 0 Å². The fourth-order valence-corrected chi connectivity index (χ4v) is 5.46. The van der Waals surface area contributed by atoms with Gasteiger partial charge in [-0.05, 0) is 50.2 Å². The van der Waals surface area contributed by atoms with Crippen LogP contribution in [0.3, 0.4) is 0 Å². The number of hydrogen-bond donors (Lipinski definition) is 4. The number of carbonyl (C=O) groups is 3. The maximum absolute atomic E-state index is 13.3. The predicted octanol–water partition coefficient (Wildman–Crippen LogP) is 0.715. The highest BCUT2D eigenvalue weighted by Crippen LogP contribution is 2.29. The van der Waals surface area contributed by atoms with E-state index in [0.717, 1.165) is 0 Å². The fourth-order valence-electron chi connectivity index (χ4n) is 3.92. The van der Waals surface area contributed by atoms with Crippen LogP contribution in [0.4, 0.5) is 0 Å². The summed E-state index contributed by atoms with van der Waals surface area (Å²) in [5.41, 5.74) is 6.08. The van der Waals surface area contributed by atoms with E-state index in [1.165, 1.54) is 29.2 Å². The number of hydrogen-bond acceptors (Lipinski definition) is 6. The van der Waals surface area contributed by atoms with Crippen LogP contribution in [0.25, 0.3) is 0 Å². The second-order valence-electron chi connectivity index (χ2n) is 9.04. The van der Waals surface area contributed by atoms with Crippen molar-refractivity contribution in [2.45, 2.75) is 63.3 Å². The van der Waals surface area contributed by atoms with E-state index in [-0.39, 0.29) is 17.3 Å². The number of nitrogens with one attached hydrogen (secondary N) is 3. The molecule has 1 saturated carbocycles. The first kappa shape index (κ1) is 24.8. The Morgan fingerprint density at radius 2 is 1.73 bits per heavy atom. The quantitative estimate of drug-likeness (QED) is 0.233. The summed E-state index contributed by atoms with van der Waals surface area (Å²) < 4.78 is 27.5. The fraction of sp³-hybridized carbons (Fsp3) is 0.545. The number of nitrogen functional groups attached to an aromatic ring is 1.